The Morgan fingerprint density at radius 3 is 2.56 bits per heavy atom. The molecule has 0 aromatic carbocycles. The SMILES string of the molecule is CNCCCN(CC(C)O)C1CCCCC1. The van der Waals surface area contributed by atoms with Crippen LogP contribution >= 0.6 is 0 Å². The van der Waals surface area contributed by atoms with Crippen LogP contribution in [0.1, 0.15) is 45.4 Å². The van der Waals surface area contributed by atoms with Gasteiger partial charge in [0.15, 0.2) is 0 Å². The van der Waals surface area contributed by atoms with E-state index in [1.165, 1.54) is 38.5 Å². The van der Waals surface area contributed by atoms with E-state index in [0.717, 1.165) is 25.7 Å². The van der Waals surface area contributed by atoms with Crippen molar-refractivity contribution < 1.29 is 5.11 Å². The lowest BCUT2D eigenvalue weighted by atomic mass is 9.94. The van der Waals surface area contributed by atoms with Crippen molar-refractivity contribution in [2.24, 2.45) is 0 Å². The molecule has 0 aromatic heterocycles. The lowest BCUT2D eigenvalue weighted by Crippen LogP contribution is -2.42. The van der Waals surface area contributed by atoms with E-state index >= 15 is 0 Å². The summed E-state index contributed by atoms with van der Waals surface area (Å²) in [5.41, 5.74) is 0. The molecule has 0 amide bonds. The van der Waals surface area contributed by atoms with Crippen LogP contribution in [0.4, 0.5) is 0 Å². The van der Waals surface area contributed by atoms with Crippen LogP contribution in [0.25, 0.3) is 0 Å². The summed E-state index contributed by atoms with van der Waals surface area (Å²) in [7, 11) is 2.00. The van der Waals surface area contributed by atoms with Gasteiger partial charge in [0.25, 0.3) is 0 Å². The van der Waals surface area contributed by atoms with Crippen molar-refractivity contribution in [3.05, 3.63) is 0 Å². The Hall–Kier alpha value is -0.120. The molecule has 0 aromatic rings. The highest BCUT2D eigenvalue weighted by molar-refractivity contribution is 4.77. The van der Waals surface area contributed by atoms with Crippen LogP contribution in [0.3, 0.4) is 0 Å². The van der Waals surface area contributed by atoms with Crippen LogP contribution in [0.15, 0.2) is 0 Å². The fourth-order valence-corrected chi connectivity index (χ4v) is 2.67. The van der Waals surface area contributed by atoms with Gasteiger partial charge in [-0.1, -0.05) is 19.3 Å². The minimum Gasteiger partial charge on any atom is -0.392 e. The number of nitrogens with one attached hydrogen (secondary N) is 1. The number of aliphatic hydroxyl groups excluding tert-OH is 1. The zero-order chi connectivity index (χ0) is 11.8. The fraction of sp³-hybridized carbons (Fsp3) is 1.00. The Bertz CT molecular complexity index is 167. The molecule has 0 spiro atoms. The summed E-state index contributed by atoms with van der Waals surface area (Å²) in [6.07, 6.45) is 7.77. The minimum atomic E-state index is -0.198. The average Bonchev–Trinajstić information content (AvgIpc) is 2.29. The molecule has 3 nitrogen and oxygen atoms in total. The smallest absolute Gasteiger partial charge is 0.0639 e. The maximum Gasteiger partial charge on any atom is 0.0639 e. The molecule has 1 fully saturated rings. The van der Waals surface area contributed by atoms with Crippen molar-refractivity contribution in [2.75, 3.05) is 26.7 Å². The monoisotopic (exact) mass is 228 g/mol. The number of rotatable bonds is 7. The largest absolute Gasteiger partial charge is 0.392 e. The second-order valence-electron chi connectivity index (χ2n) is 5.09. The summed E-state index contributed by atoms with van der Waals surface area (Å²) in [6, 6.07) is 0.722. The summed E-state index contributed by atoms with van der Waals surface area (Å²) in [5.74, 6) is 0. The third-order valence-electron chi connectivity index (χ3n) is 3.46. The Balaban J connectivity index is 2.34. The van der Waals surface area contributed by atoms with E-state index in [4.69, 9.17) is 0 Å². The van der Waals surface area contributed by atoms with Crippen molar-refractivity contribution in [2.45, 2.75) is 57.6 Å². The predicted molar refractivity (Wildman–Crippen MR) is 68.7 cm³/mol. The van der Waals surface area contributed by atoms with Gasteiger partial charge in [-0.05, 0) is 46.3 Å². The van der Waals surface area contributed by atoms with Crippen LogP contribution in [0.2, 0.25) is 0 Å². The lowest BCUT2D eigenvalue weighted by Gasteiger charge is -2.35. The summed E-state index contributed by atoms with van der Waals surface area (Å²) in [5, 5.41) is 12.7. The minimum absolute atomic E-state index is 0.198. The second-order valence-corrected chi connectivity index (χ2v) is 5.09. The van der Waals surface area contributed by atoms with Gasteiger partial charge in [-0.3, -0.25) is 4.90 Å². The molecule has 3 heteroatoms. The molecular weight excluding hydrogens is 200 g/mol. The van der Waals surface area contributed by atoms with Gasteiger partial charge < -0.3 is 10.4 Å². The summed E-state index contributed by atoms with van der Waals surface area (Å²) in [6.45, 7) is 4.93. The van der Waals surface area contributed by atoms with E-state index in [0.29, 0.717) is 0 Å². The van der Waals surface area contributed by atoms with Gasteiger partial charge in [0.2, 0.25) is 0 Å². The van der Waals surface area contributed by atoms with Gasteiger partial charge >= 0.3 is 0 Å². The molecule has 1 rings (SSSR count). The first-order valence-electron chi connectivity index (χ1n) is 6.80. The van der Waals surface area contributed by atoms with Crippen LogP contribution in [0.5, 0.6) is 0 Å². The first-order valence-corrected chi connectivity index (χ1v) is 6.80. The van der Waals surface area contributed by atoms with E-state index in [1.807, 2.05) is 14.0 Å². The highest BCUT2D eigenvalue weighted by Gasteiger charge is 2.21. The first kappa shape index (κ1) is 13.9. The molecule has 16 heavy (non-hydrogen) atoms. The number of hydrogen-bond acceptors (Lipinski definition) is 3. The van der Waals surface area contributed by atoms with Crippen LogP contribution in [-0.2, 0) is 0 Å². The van der Waals surface area contributed by atoms with E-state index in [-0.39, 0.29) is 6.10 Å². The van der Waals surface area contributed by atoms with Crippen molar-refractivity contribution in [1.29, 1.82) is 0 Å². The molecule has 0 radical (unpaired) electrons. The van der Waals surface area contributed by atoms with Crippen LogP contribution in [0, 0.1) is 0 Å². The van der Waals surface area contributed by atoms with Crippen LogP contribution in [-0.4, -0.2) is 48.8 Å². The van der Waals surface area contributed by atoms with E-state index in [1.54, 1.807) is 0 Å². The number of aliphatic hydroxyl groups is 1. The summed E-state index contributed by atoms with van der Waals surface area (Å²) < 4.78 is 0. The molecule has 1 aliphatic carbocycles. The predicted octanol–water partition coefficient (Wildman–Crippen LogP) is 1.61. The second kappa shape index (κ2) is 8.04. The van der Waals surface area contributed by atoms with Crippen molar-refractivity contribution in [3.8, 4) is 0 Å². The first-order chi connectivity index (χ1) is 7.74. The normalized spacial score (nSPS) is 20.2. The lowest BCUT2D eigenvalue weighted by molar-refractivity contribution is 0.0816. The molecule has 0 saturated heterocycles. The van der Waals surface area contributed by atoms with Crippen molar-refractivity contribution >= 4 is 0 Å². The molecule has 0 heterocycles. The third-order valence-corrected chi connectivity index (χ3v) is 3.46. The summed E-state index contributed by atoms with van der Waals surface area (Å²) in [4.78, 5) is 2.50. The maximum absolute atomic E-state index is 9.55. The Morgan fingerprint density at radius 2 is 2.00 bits per heavy atom. The van der Waals surface area contributed by atoms with Gasteiger partial charge in [-0.25, -0.2) is 0 Å². The summed E-state index contributed by atoms with van der Waals surface area (Å²) >= 11 is 0. The van der Waals surface area contributed by atoms with Gasteiger partial charge in [-0.15, -0.1) is 0 Å². The van der Waals surface area contributed by atoms with E-state index in [9.17, 15) is 5.11 Å². The molecule has 1 saturated carbocycles. The molecule has 96 valence electrons. The molecule has 0 aliphatic heterocycles. The molecular formula is C13H28N2O. The van der Waals surface area contributed by atoms with Crippen LogP contribution < -0.4 is 5.32 Å². The Kier molecular flexibility index (Phi) is 7.01. The van der Waals surface area contributed by atoms with Crippen molar-refractivity contribution in [1.82, 2.24) is 10.2 Å². The van der Waals surface area contributed by atoms with Gasteiger partial charge in [-0.2, -0.15) is 0 Å². The molecule has 1 unspecified atom stereocenters. The zero-order valence-electron chi connectivity index (χ0n) is 10.9. The average molecular weight is 228 g/mol. The molecule has 0 bridgehead atoms. The number of hydrogen-bond donors (Lipinski definition) is 2. The molecule has 1 atom stereocenters. The standard InChI is InChI=1S/C13H28N2O/c1-12(16)11-15(10-6-9-14-2)13-7-4-3-5-8-13/h12-14,16H,3-11H2,1-2H3. The van der Waals surface area contributed by atoms with Gasteiger partial charge in [0.1, 0.15) is 0 Å². The number of nitrogens with zero attached hydrogens (tertiary/aromatic N) is 1. The third kappa shape index (κ3) is 5.28. The fourth-order valence-electron chi connectivity index (χ4n) is 2.67. The topological polar surface area (TPSA) is 35.5 Å². The van der Waals surface area contributed by atoms with E-state index in [2.05, 4.69) is 10.2 Å². The van der Waals surface area contributed by atoms with E-state index < -0.39 is 0 Å². The molecule has 1 aliphatic rings. The zero-order valence-corrected chi connectivity index (χ0v) is 10.9. The Morgan fingerprint density at radius 1 is 1.31 bits per heavy atom. The van der Waals surface area contributed by atoms with Crippen molar-refractivity contribution in [3.63, 3.8) is 0 Å². The maximum atomic E-state index is 9.55. The van der Waals surface area contributed by atoms with Gasteiger partial charge in [0, 0.05) is 12.6 Å². The van der Waals surface area contributed by atoms with Gasteiger partial charge in [0.05, 0.1) is 6.10 Å². The highest BCUT2D eigenvalue weighted by Crippen LogP contribution is 2.22. The quantitative estimate of drug-likeness (QED) is 0.650. The highest BCUT2D eigenvalue weighted by atomic mass is 16.3. The Labute approximate surface area is 100 Å². The molecule has 2 N–H and O–H groups in total.